The lowest BCUT2D eigenvalue weighted by Gasteiger charge is -2.13. The van der Waals surface area contributed by atoms with Gasteiger partial charge in [0.2, 0.25) is 0 Å². The summed E-state index contributed by atoms with van der Waals surface area (Å²) in [5, 5.41) is 16.2. The molecule has 2 amide bonds. The van der Waals surface area contributed by atoms with Crippen LogP contribution < -0.4 is 15.5 Å². The van der Waals surface area contributed by atoms with Gasteiger partial charge in [-0.05, 0) is 24.6 Å². The van der Waals surface area contributed by atoms with Crippen molar-refractivity contribution in [1.29, 1.82) is 0 Å². The molecule has 0 bridgehead atoms. The Morgan fingerprint density at radius 3 is 2.52 bits per heavy atom. The van der Waals surface area contributed by atoms with Crippen LogP contribution in [-0.4, -0.2) is 30.2 Å². The minimum absolute atomic E-state index is 0.106. The molecule has 2 aromatic carbocycles. The average molecular weight is 341 g/mol. The number of carbonyl (C=O) groups excluding carboxylic acids is 2. The zero-order chi connectivity index (χ0) is 18.2. The van der Waals surface area contributed by atoms with Crippen LogP contribution in [0.25, 0.3) is 0 Å². The molecule has 0 aliphatic carbocycles. The molecule has 0 unspecified atom stereocenters. The van der Waals surface area contributed by atoms with Gasteiger partial charge >= 0.3 is 11.8 Å². The van der Waals surface area contributed by atoms with E-state index in [1.807, 2.05) is 30.3 Å². The number of carbonyl (C=O) groups is 2. The molecule has 0 fully saturated rings. The summed E-state index contributed by atoms with van der Waals surface area (Å²) in [7, 11) is 1.43. The topological polar surface area (TPSA) is 100 Å². The van der Waals surface area contributed by atoms with Gasteiger partial charge in [0.05, 0.1) is 19.4 Å². The number of hydrazone groups is 1. The molecule has 130 valence electrons. The third kappa shape index (κ3) is 4.81. The maximum absolute atomic E-state index is 11.9. The van der Waals surface area contributed by atoms with Crippen LogP contribution in [0, 0.1) is 0 Å². The number of rotatable bonds is 5. The number of amides is 2. The summed E-state index contributed by atoms with van der Waals surface area (Å²) in [4.78, 5) is 23.7. The Hall–Kier alpha value is -3.35. The van der Waals surface area contributed by atoms with Crippen LogP contribution in [0.1, 0.15) is 24.1 Å². The maximum atomic E-state index is 11.9. The number of aromatic hydroxyl groups is 1. The van der Waals surface area contributed by atoms with Gasteiger partial charge in [-0.1, -0.05) is 36.4 Å². The van der Waals surface area contributed by atoms with Crippen molar-refractivity contribution in [2.75, 3.05) is 7.11 Å². The van der Waals surface area contributed by atoms with E-state index in [1.165, 1.54) is 13.3 Å². The SMILES string of the molecule is COc1cccc(/C=N/NC(=O)C(=O)N[C@@H](C)c2ccccc2)c1O. The second kappa shape index (κ2) is 8.49. The second-order valence-corrected chi connectivity index (χ2v) is 5.20. The van der Waals surface area contributed by atoms with Gasteiger partial charge in [-0.2, -0.15) is 5.10 Å². The van der Waals surface area contributed by atoms with Gasteiger partial charge in [0.1, 0.15) is 0 Å². The fourth-order valence-corrected chi connectivity index (χ4v) is 2.11. The number of nitrogens with one attached hydrogen (secondary N) is 2. The lowest BCUT2D eigenvalue weighted by Crippen LogP contribution is -2.39. The van der Waals surface area contributed by atoms with Crippen molar-refractivity contribution in [3.8, 4) is 11.5 Å². The van der Waals surface area contributed by atoms with Crippen LogP contribution in [-0.2, 0) is 9.59 Å². The van der Waals surface area contributed by atoms with Gasteiger partial charge < -0.3 is 15.2 Å². The van der Waals surface area contributed by atoms with Crippen LogP contribution >= 0.6 is 0 Å². The fourth-order valence-electron chi connectivity index (χ4n) is 2.11. The van der Waals surface area contributed by atoms with Crippen LogP contribution in [0.4, 0.5) is 0 Å². The molecule has 7 heteroatoms. The van der Waals surface area contributed by atoms with Crippen molar-refractivity contribution < 1.29 is 19.4 Å². The van der Waals surface area contributed by atoms with Gasteiger partial charge in [-0.25, -0.2) is 5.43 Å². The Morgan fingerprint density at radius 1 is 1.12 bits per heavy atom. The summed E-state index contributed by atoms with van der Waals surface area (Å²) in [5.74, 6) is -1.53. The molecule has 25 heavy (non-hydrogen) atoms. The minimum atomic E-state index is -0.901. The first kappa shape index (κ1) is 18.0. The van der Waals surface area contributed by atoms with Crippen LogP contribution in [0.5, 0.6) is 11.5 Å². The summed E-state index contributed by atoms with van der Waals surface area (Å²) >= 11 is 0. The van der Waals surface area contributed by atoms with Gasteiger partial charge in [-0.3, -0.25) is 9.59 Å². The summed E-state index contributed by atoms with van der Waals surface area (Å²) in [6.07, 6.45) is 1.23. The molecule has 2 rings (SSSR count). The predicted octanol–water partition coefficient (Wildman–Crippen LogP) is 1.73. The first-order chi connectivity index (χ1) is 12.0. The van der Waals surface area contributed by atoms with Crippen molar-refractivity contribution in [2.45, 2.75) is 13.0 Å². The summed E-state index contributed by atoms with van der Waals surface area (Å²) in [5.41, 5.74) is 3.35. The Balaban J connectivity index is 1.92. The molecule has 0 aliphatic heterocycles. The Labute approximate surface area is 145 Å². The predicted molar refractivity (Wildman–Crippen MR) is 93.4 cm³/mol. The third-order valence-electron chi connectivity index (χ3n) is 3.47. The van der Waals surface area contributed by atoms with E-state index in [4.69, 9.17) is 4.74 Å². The number of ether oxygens (including phenoxy) is 1. The highest BCUT2D eigenvalue weighted by Crippen LogP contribution is 2.27. The van der Waals surface area contributed by atoms with Crippen molar-refractivity contribution >= 4 is 18.0 Å². The fraction of sp³-hybridized carbons (Fsp3) is 0.167. The van der Waals surface area contributed by atoms with Crippen molar-refractivity contribution in [3.63, 3.8) is 0 Å². The zero-order valence-electron chi connectivity index (χ0n) is 13.9. The molecule has 0 aliphatic rings. The van der Waals surface area contributed by atoms with Crippen molar-refractivity contribution in [2.24, 2.45) is 5.10 Å². The number of methoxy groups -OCH3 is 1. The molecule has 0 saturated carbocycles. The monoisotopic (exact) mass is 341 g/mol. The highest BCUT2D eigenvalue weighted by molar-refractivity contribution is 6.35. The number of hydrogen-bond donors (Lipinski definition) is 3. The number of phenolic OH excluding ortho intramolecular Hbond substituents is 1. The highest BCUT2D eigenvalue weighted by atomic mass is 16.5. The van der Waals surface area contributed by atoms with E-state index in [2.05, 4.69) is 15.8 Å². The first-order valence-electron chi connectivity index (χ1n) is 7.57. The van der Waals surface area contributed by atoms with E-state index >= 15 is 0 Å². The number of hydrogen-bond acceptors (Lipinski definition) is 5. The number of phenols is 1. The summed E-state index contributed by atoms with van der Waals surface area (Å²) < 4.78 is 4.97. The Morgan fingerprint density at radius 2 is 1.84 bits per heavy atom. The maximum Gasteiger partial charge on any atom is 0.329 e. The van der Waals surface area contributed by atoms with Gasteiger partial charge in [0, 0.05) is 5.56 Å². The number of benzene rings is 2. The van der Waals surface area contributed by atoms with Crippen LogP contribution in [0.3, 0.4) is 0 Å². The molecule has 1 atom stereocenters. The van der Waals surface area contributed by atoms with E-state index < -0.39 is 11.8 Å². The number of para-hydroxylation sites is 1. The first-order valence-corrected chi connectivity index (χ1v) is 7.57. The van der Waals surface area contributed by atoms with Crippen molar-refractivity contribution in [1.82, 2.24) is 10.7 Å². The van der Waals surface area contributed by atoms with Crippen molar-refractivity contribution in [3.05, 3.63) is 59.7 Å². The lowest BCUT2D eigenvalue weighted by molar-refractivity contribution is -0.139. The van der Waals surface area contributed by atoms with Gasteiger partial charge in [0.25, 0.3) is 0 Å². The molecule has 7 nitrogen and oxygen atoms in total. The summed E-state index contributed by atoms with van der Waals surface area (Å²) in [6.45, 7) is 1.78. The van der Waals surface area contributed by atoms with Crippen LogP contribution in [0.2, 0.25) is 0 Å². The summed E-state index contributed by atoms with van der Waals surface area (Å²) in [6, 6.07) is 13.8. The van der Waals surface area contributed by atoms with Crippen LogP contribution in [0.15, 0.2) is 53.6 Å². The smallest absolute Gasteiger partial charge is 0.329 e. The number of nitrogens with zero attached hydrogens (tertiary/aromatic N) is 1. The molecular formula is C18H19N3O4. The van der Waals surface area contributed by atoms with E-state index in [9.17, 15) is 14.7 Å². The molecule has 2 aromatic rings. The van der Waals surface area contributed by atoms with E-state index in [-0.39, 0.29) is 17.5 Å². The third-order valence-corrected chi connectivity index (χ3v) is 3.47. The lowest BCUT2D eigenvalue weighted by atomic mass is 10.1. The van der Waals surface area contributed by atoms with Gasteiger partial charge in [0.15, 0.2) is 11.5 Å². The van der Waals surface area contributed by atoms with E-state index in [0.29, 0.717) is 5.56 Å². The average Bonchev–Trinajstić information content (AvgIpc) is 2.63. The minimum Gasteiger partial charge on any atom is -0.504 e. The highest BCUT2D eigenvalue weighted by Gasteiger charge is 2.16. The van der Waals surface area contributed by atoms with Gasteiger partial charge in [-0.15, -0.1) is 0 Å². The quantitative estimate of drug-likeness (QED) is 0.438. The molecule has 3 N–H and O–H groups in total. The molecular weight excluding hydrogens is 322 g/mol. The normalized spacial score (nSPS) is 11.8. The second-order valence-electron chi connectivity index (χ2n) is 5.20. The molecule has 0 aromatic heterocycles. The largest absolute Gasteiger partial charge is 0.504 e. The van der Waals surface area contributed by atoms with E-state index in [1.54, 1.807) is 25.1 Å². The molecule has 0 spiro atoms. The molecule has 0 saturated heterocycles. The standard InChI is InChI=1S/C18H19N3O4/c1-12(13-7-4-3-5-8-13)20-17(23)18(24)21-19-11-14-9-6-10-15(25-2)16(14)22/h3-12,22H,1-2H3,(H,20,23)(H,21,24)/b19-11+/t12-/m0/s1. The molecule has 0 heterocycles. The Kier molecular flexibility index (Phi) is 6.11. The van der Waals surface area contributed by atoms with E-state index in [0.717, 1.165) is 5.56 Å². The zero-order valence-corrected chi connectivity index (χ0v) is 13.9. The molecule has 0 radical (unpaired) electrons. The Bertz CT molecular complexity index is 775.